The number of hydrogen-bond acceptors (Lipinski definition) is 4. The molecule has 4 bridgehead atoms. The van der Waals surface area contributed by atoms with Crippen molar-refractivity contribution >= 4 is 5.97 Å². The molecule has 0 spiro atoms. The third kappa shape index (κ3) is 6.52. The molecule has 7 unspecified atom stereocenters. The van der Waals surface area contributed by atoms with Crippen LogP contribution in [0.3, 0.4) is 0 Å². The Bertz CT molecular complexity index is 969. The Morgan fingerprint density at radius 2 is 1.20 bits per heavy atom. The van der Waals surface area contributed by atoms with Gasteiger partial charge in [-0.25, -0.2) is 4.79 Å². The molecule has 4 aliphatic rings. The average Bonchev–Trinajstić information content (AvgIpc) is 3.58. The molecule has 0 aromatic carbocycles. The van der Waals surface area contributed by atoms with Crippen LogP contribution in [0, 0.1) is 35.5 Å². The van der Waals surface area contributed by atoms with Crippen LogP contribution in [-0.4, -0.2) is 58.2 Å². The second-order valence-electron chi connectivity index (χ2n) is 11.3. The van der Waals surface area contributed by atoms with Crippen molar-refractivity contribution in [2.24, 2.45) is 35.5 Å². The Balaban J connectivity index is 0.000000232. The van der Waals surface area contributed by atoms with Gasteiger partial charge >= 0.3 is 30.7 Å². The number of esters is 1. The van der Waals surface area contributed by atoms with E-state index in [-0.39, 0.29) is 37.0 Å². The lowest BCUT2D eigenvalue weighted by atomic mass is 9.79. The molecule has 4 rings (SSSR count). The van der Waals surface area contributed by atoms with Crippen molar-refractivity contribution in [3.63, 3.8) is 0 Å². The molecule has 0 aliphatic heterocycles. The quantitative estimate of drug-likeness (QED) is 0.148. The summed E-state index contributed by atoms with van der Waals surface area (Å²) < 4.78 is 157. The largest absolute Gasteiger partial charge is 0.459 e. The summed E-state index contributed by atoms with van der Waals surface area (Å²) in [7, 11) is 0. The van der Waals surface area contributed by atoms with Crippen molar-refractivity contribution in [1.82, 2.24) is 0 Å². The summed E-state index contributed by atoms with van der Waals surface area (Å²) in [4.78, 5) is 11.1. The van der Waals surface area contributed by atoms with Gasteiger partial charge in [-0.1, -0.05) is 18.7 Å². The number of allylic oxidation sites excluding steroid dienone is 2. The molecule has 3 fully saturated rings. The van der Waals surface area contributed by atoms with E-state index in [1.54, 1.807) is 6.08 Å². The highest BCUT2D eigenvalue weighted by Gasteiger charge is 2.72. The number of carbonyl (C=O) groups excluding carboxylic acids is 1. The molecule has 0 heterocycles. The van der Waals surface area contributed by atoms with Gasteiger partial charge in [0.05, 0.1) is 0 Å². The maximum atomic E-state index is 12.7. The SMILES string of the molecule is C=CC(=O)OC1CC2CC1CC2CC(O)(C(F)(F)F)C(F)(F)F.OC(CC1CC2C=CC1C2)(C(F)(F)F)C(F)(F)F. The van der Waals surface area contributed by atoms with Crippen LogP contribution >= 0.6 is 0 Å². The Kier molecular flexibility index (Phi) is 8.95. The first-order valence-electron chi connectivity index (χ1n) is 12.7. The lowest BCUT2D eigenvalue weighted by Crippen LogP contribution is -2.58. The fourth-order valence-electron chi connectivity index (χ4n) is 6.61. The Labute approximate surface area is 226 Å². The monoisotopic (exact) mass is 620 g/mol. The van der Waals surface area contributed by atoms with Gasteiger partial charge in [-0.05, 0) is 80.5 Å². The zero-order valence-corrected chi connectivity index (χ0v) is 21.2. The Hall–Kier alpha value is -1.97. The Morgan fingerprint density at radius 3 is 1.54 bits per heavy atom. The van der Waals surface area contributed by atoms with Crippen LogP contribution in [0.25, 0.3) is 0 Å². The zero-order chi connectivity index (χ0) is 31.4. The first-order valence-corrected chi connectivity index (χ1v) is 12.7. The lowest BCUT2D eigenvalue weighted by molar-refractivity contribution is -0.373. The van der Waals surface area contributed by atoms with Crippen molar-refractivity contribution < 1.29 is 72.4 Å². The number of rotatable bonds is 6. The maximum absolute atomic E-state index is 12.7. The maximum Gasteiger partial charge on any atom is 0.426 e. The van der Waals surface area contributed by atoms with E-state index < -0.39 is 78.6 Å². The van der Waals surface area contributed by atoms with Crippen LogP contribution in [0.1, 0.15) is 44.9 Å². The zero-order valence-electron chi connectivity index (χ0n) is 21.2. The minimum absolute atomic E-state index is 0.0608. The van der Waals surface area contributed by atoms with Gasteiger partial charge in [-0.15, -0.1) is 0 Å². The molecular formula is C25H28F12O4. The van der Waals surface area contributed by atoms with E-state index in [4.69, 9.17) is 9.84 Å². The summed E-state index contributed by atoms with van der Waals surface area (Å²) >= 11 is 0. The number of carbonyl (C=O) groups is 1. The molecule has 0 aromatic rings. The molecule has 4 aliphatic carbocycles. The number of hydrogen-bond donors (Lipinski definition) is 2. The van der Waals surface area contributed by atoms with Gasteiger partial charge in [0.15, 0.2) is 0 Å². The van der Waals surface area contributed by atoms with Crippen LogP contribution in [0.15, 0.2) is 24.8 Å². The smallest absolute Gasteiger partial charge is 0.426 e. The summed E-state index contributed by atoms with van der Waals surface area (Å²) in [5.74, 6) is -3.25. The van der Waals surface area contributed by atoms with Crippen molar-refractivity contribution in [2.45, 2.75) is 87.0 Å². The molecule has 236 valence electrons. The molecule has 3 saturated carbocycles. The summed E-state index contributed by atoms with van der Waals surface area (Å²) in [6.45, 7) is 3.22. The van der Waals surface area contributed by atoms with Gasteiger partial charge in [0, 0.05) is 6.08 Å². The standard InChI is InChI=1S/C14H16F6O3.C11H12F6O/c1-2-11(21)23-10-5-7-3-8(10)4-9(7)6-12(22,13(15,16)17)14(18,19)20;12-10(13,14)9(18,11(15,16)17)5-8-4-6-1-2-7(8)3-6/h2,7-10,22H,1,3-6H2;1-2,6-8,18H,3-5H2. The number of alkyl halides is 12. The van der Waals surface area contributed by atoms with Crippen molar-refractivity contribution in [1.29, 1.82) is 0 Å². The highest BCUT2D eigenvalue weighted by Crippen LogP contribution is 2.56. The third-order valence-corrected chi connectivity index (χ3v) is 8.78. The third-order valence-electron chi connectivity index (χ3n) is 8.78. The van der Waals surface area contributed by atoms with Crippen LogP contribution in [0.2, 0.25) is 0 Å². The van der Waals surface area contributed by atoms with Gasteiger partial charge in [0.2, 0.25) is 0 Å². The number of fused-ring (bicyclic) bond motifs is 4. The number of aliphatic hydroxyl groups is 2. The van der Waals surface area contributed by atoms with Crippen LogP contribution in [-0.2, 0) is 9.53 Å². The van der Waals surface area contributed by atoms with E-state index >= 15 is 0 Å². The molecule has 7 atom stereocenters. The second-order valence-corrected chi connectivity index (χ2v) is 11.3. The van der Waals surface area contributed by atoms with E-state index in [0.717, 1.165) is 6.08 Å². The number of halogens is 12. The van der Waals surface area contributed by atoms with E-state index in [0.29, 0.717) is 12.8 Å². The predicted molar refractivity (Wildman–Crippen MR) is 117 cm³/mol. The molecular weight excluding hydrogens is 592 g/mol. The first kappa shape index (κ1) is 33.5. The van der Waals surface area contributed by atoms with Crippen LogP contribution in [0.4, 0.5) is 52.7 Å². The summed E-state index contributed by atoms with van der Waals surface area (Å²) in [5.41, 5.74) is -9.30. The molecule has 2 N–H and O–H groups in total. The van der Waals surface area contributed by atoms with Gasteiger partial charge in [-0.2, -0.15) is 52.7 Å². The molecule has 4 nitrogen and oxygen atoms in total. The molecule has 0 saturated heterocycles. The molecule has 0 aromatic heterocycles. The summed E-state index contributed by atoms with van der Waals surface area (Å²) in [6, 6.07) is 0. The molecule has 0 amide bonds. The normalized spacial score (nSPS) is 31.7. The summed E-state index contributed by atoms with van der Waals surface area (Å²) in [6.07, 6.45) is -20.2. The van der Waals surface area contributed by atoms with Crippen LogP contribution in [0.5, 0.6) is 0 Å². The van der Waals surface area contributed by atoms with E-state index in [9.17, 15) is 62.6 Å². The van der Waals surface area contributed by atoms with Gasteiger partial charge in [-0.3, -0.25) is 0 Å². The molecule has 0 radical (unpaired) electrons. The van der Waals surface area contributed by atoms with Gasteiger partial charge in [0.1, 0.15) is 6.10 Å². The topological polar surface area (TPSA) is 66.8 Å². The fraction of sp³-hybridized carbons (Fsp3) is 0.800. The van der Waals surface area contributed by atoms with Gasteiger partial charge in [0.25, 0.3) is 11.2 Å². The predicted octanol–water partition coefficient (Wildman–Crippen LogP) is 6.82. The lowest BCUT2D eigenvalue weighted by Gasteiger charge is -2.37. The van der Waals surface area contributed by atoms with E-state index in [1.165, 1.54) is 0 Å². The minimum Gasteiger partial charge on any atom is -0.459 e. The molecule has 16 heteroatoms. The average molecular weight is 620 g/mol. The highest BCUT2D eigenvalue weighted by molar-refractivity contribution is 5.81. The van der Waals surface area contributed by atoms with Crippen molar-refractivity contribution in [3.8, 4) is 0 Å². The molecule has 41 heavy (non-hydrogen) atoms. The fourth-order valence-corrected chi connectivity index (χ4v) is 6.61. The van der Waals surface area contributed by atoms with Gasteiger partial charge < -0.3 is 14.9 Å². The van der Waals surface area contributed by atoms with Crippen molar-refractivity contribution in [2.75, 3.05) is 0 Å². The first-order chi connectivity index (χ1) is 18.4. The highest BCUT2D eigenvalue weighted by atomic mass is 19.4. The second kappa shape index (κ2) is 10.9. The van der Waals surface area contributed by atoms with Crippen LogP contribution < -0.4 is 0 Å². The number of ether oxygens (including phenoxy) is 1. The minimum atomic E-state index is -5.79. The van der Waals surface area contributed by atoms with E-state index in [2.05, 4.69) is 6.58 Å². The van der Waals surface area contributed by atoms with Crippen molar-refractivity contribution in [3.05, 3.63) is 24.8 Å². The Morgan fingerprint density at radius 1 is 0.707 bits per heavy atom. The van der Waals surface area contributed by atoms with E-state index in [1.807, 2.05) is 6.08 Å². The summed E-state index contributed by atoms with van der Waals surface area (Å²) in [5, 5.41) is 18.4.